The van der Waals surface area contributed by atoms with E-state index in [1.807, 2.05) is 85.8 Å². The van der Waals surface area contributed by atoms with Crippen molar-refractivity contribution in [2.75, 3.05) is 27.4 Å². The Morgan fingerprint density at radius 3 is 2.21 bits per heavy atom. The van der Waals surface area contributed by atoms with Gasteiger partial charge < -0.3 is 24.4 Å². The van der Waals surface area contributed by atoms with Gasteiger partial charge in [0.1, 0.15) is 23.3 Å². The summed E-state index contributed by atoms with van der Waals surface area (Å²) in [6.45, 7) is 3.25. The summed E-state index contributed by atoms with van der Waals surface area (Å²) in [6.07, 6.45) is 2.02. The Balaban J connectivity index is 1.77. The lowest BCUT2D eigenvalue weighted by Gasteiger charge is -2.31. The number of hydrogen-bond donors (Lipinski definition) is 1. The van der Waals surface area contributed by atoms with E-state index in [1.54, 1.807) is 19.1 Å². The van der Waals surface area contributed by atoms with Crippen molar-refractivity contribution in [3.05, 3.63) is 90.0 Å². The minimum absolute atomic E-state index is 0.0984. The average molecular weight is 519 g/mol. The van der Waals surface area contributed by atoms with Crippen LogP contribution < -0.4 is 19.5 Å². The molecule has 0 unspecified atom stereocenters. The number of carbonyl (C=O) groups is 2. The smallest absolute Gasteiger partial charge is 0.243 e. The van der Waals surface area contributed by atoms with E-state index in [9.17, 15) is 9.59 Å². The van der Waals surface area contributed by atoms with Crippen molar-refractivity contribution >= 4 is 11.8 Å². The Morgan fingerprint density at radius 1 is 0.842 bits per heavy atom. The number of carbonyl (C=O) groups excluding carboxylic acids is 2. The Bertz CT molecular complexity index is 1130. The number of ether oxygens (including phenoxy) is 3. The zero-order valence-corrected chi connectivity index (χ0v) is 22.5. The first-order valence-electron chi connectivity index (χ1n) is 13.0. The highest BCUT2D eigenvalue weighted by molar-refractivity contribution is 5.88. The van der Waals surface area contributed by atoms with E-state index in [0.29, 0.717) is 44.0 Å². The molecule has 7 nitrogen and oxygen atoms in total. The quantitative estimate of drug-likeness (QED) is 0.286. The number of rotatable bonds is 15. The van der Waals surface area contributed by atoms with Gasteiger partial charge in [-0.05, 0) is 60.4 Å². The molecule has 202 valence electrons. The van der Waals surface area contributed by atoms with Gasteiger partial charge in [-0.1, -0.05) is 49.4 Å². The lowest BCUT2D eigenvalue weighted by atomic mass is 10.0. The van der Waals surface area contributed by atoms with Gasteiger partial charge in [0.05, 0.1) is 20.8 Å². The van der Waals surface area contributed by atoms with Gasteiger partial charge in [0.2, 0.25) is 11.8 Å². The molecule has 0 saturated carbocycles. The highest BCUT2D eigenvalue weighted by Crippen LogP contribution is 2.20. The van der Waals surface area contributed by atoms with Crippen LogP contribution in [-0.2, 0) is 22.6 Å². The molecule has 0 aliphatic heterocycles. The molecule has 0 heterocycles. The highest BCUT2D eigenvalue weighted by Gasteiger charge is 2.30. The Morgan fingerprint density at radius 2 is 1.53 bits per heavy atom. The van der Waals surface area contributed by atoms with Crippen LogP contribution in [0.25, 0.3) is 0 Å². The largest absolute Gasteiger partial charge is 0.497 e. The summed E-state index contributed by atoms with van der Waals surface area (Å²) in [4.78, 5) is 28.7. The van der Waals surface area contributed by atoms with Crippen molar-refractivity contribution in [2.24, 2.45) is 0 Å². The molecular formula is C31H38N2O5. The van der Waals surface area contributed by atoms with E-state index in [0.717, 1.165) is 23.3 Å². The molecule has 3 aromatic rings. The standard InChI is InChI=1S/C31H38N2O5/c1-4-19-32-31(35)29(22-24-10-6-5-7-11-24)33(23-25-12-8-13-28(21-25)37-3)30(34)14-9-20-38-27-17-15-26(36-2)16-18-27/h5-8,10-13,15-18,21,29H,4,9,14,19-20,22-23H2,1-3H3,(H,32,35)/t29-/m0/s1. The molecule has 38 heavy (non-hydrogen) atoms. The van der Waals surface area contributed by atoms with Crippen LogP contribution in [0.4, 0.5) is 0 Å². The van der Waals surface area contributed by atoms with Crippen molar-refractivity contribution in [1.29, 1.82) is 0 Å². The van der Waals surface area contributed by atoms with Gasteiger partial charge in [0.15, 0.2) is 0 Å². The van der Waals surface area contributed by atoms with Gasteiger partial charge in [-0.2, -0.15) is 0 Å². The van der Waals surface area contributed by atoms with E-state index in [2.05, 4.69) is 5.32 Å². The van der Waals surface area contributed by atoms with Crippen molar-refractivity contribution < 1.29 is 23.8 Å². The lowest BCUT2D eigenvalue weighted by molar-refractivity contribution is -0.141. The fourth-order valence-electron chi connectivity index (χ4n) is 4.12. The van der Waals surface area contributed by atoms with Crippen molar-refractivity contribution in [3.63, 3.8) is 0 Å². The van der Waals surface area contributed by atoms with Gasteiger partial charge >= 0.3 is 0 Å². The molecule has 0 aliphatic carbocycles. The second kappa shape index (κ2) is 15.3. The van der Waals surface area contributed by atoms with Gasteiger partial charge in [0.25, 0.3) is 0 Å². The zero-order valence-electron chi connectivity index (χ0n) is 22.5. The van der Waals surface area contributed by atoms with Crippen molar-refractivity contribution in [2.45, 2.75) is 45.2 Å². The van der Waals surface area contributed by atoms with Crippen LogP contribution >= 0.6 is 0 Å². The van der Waals surface area contributed by atoms with Crippen LogP contribution in [-0.4, -0.2) is 50.1 Å². The minimum Gasteiger partial charge on any atom is -0.497 e. The normalized spacial score (nSPS) is 11.3. The Hall–Kier alpha value is -4.00. The minimum atomic E-state index is -0.648. The highest BCUT2D eigenvalue weighted by atomic mass is 16.5. The molecule has 0 fully saturated rings. The van der Waals surface area contributed by atoms with Crippen LogP contribution in [0.15, 0.2) is 78.9 Å². The van der Waals surface area contributed by atoms with E-state index in [4.69, 9.17) is 14.2 Å². The second-order valence-corrected chi connectivity index (χ2v) is 9.00. The summed E-state index contributed by atoms with van der Waals surface area (Å²) in [5.74, 6) is 1.93. The molecule has 0 aliphatic rings. The third-order valence-corrected chi connectivity index (χ3v) is 6.17. The number of nitrogens with one attached hydrogen (secondary N) is 1. The maximum absolute atomic E-state index is 13.6. The Labute approximate surface area is 225 Å². The van der Waals surface area contributed by atoms with E-state index in [-0.39, 0.29) is 18.2 Å². The maximum Gasteiger partial charge on any atom is 0.243 e. The summed E-state index contributed by atoms with van der Waals surface area (Å²) in [5.41, 5.74) is 1.89. The van der Waals surface area contributed by atoms with Crippen LogP contribution in [0.1, 0.15) is 37.3 Å². The predicted molar refractivity (Wildman–Crippen MR) is 149 cm³/mol. The molecule has 0 spiro atoms. The van der Waals surface area contributed by atoms with Crippen LogP contribution in [0.5, 0.6) is 17.2 Å². The van der Waals surface area contributed by atoms with Gasteiger partial charge in [-0.3, -0.25) is 9.59 Å². The van der Waals surface area contributed by atoms with Crippen LogP contribution in [0, 0.1) is 0 Å². The molecule has 3 aromatic carbocycles. The fourth-order valence-corrected chi connectivity index (χ4v) is 4.12. The summed E-state index contributed by atoms with van der Waals surface area (Å²) in [5, 5.41) is 3.00. The van der Waals surface area contributed by atoms with E-state index < -0.39 is 6.04 Å². The van der Waals surface area contributed by atoms with Crippen LogP contribution in [0.3, 0.4) is 0 Å². The van der Waals surface area contributed by atoms with Crippen LogP contribution in [0.2, 0.25) is 0 Å². The maximum atomic E-state index is 13.6. The number of amides is 2. The lowest BCUT2D eigenvalue weighted by Crippen LogP contribution is -2.50. The summed E-state index contributed by atoms with van der Waals surface area (Å²) < 4.78 is 16.4. The molecule has 3 rings (SSSR count). The number of hydrogen-bond acceptors (Lipinski definition) is 5. The number of benzene rings is 3. The van der Waals surface area contributed by atoms with Gasteiger partial charge in [0, 0.05) is 25.9 Å². The van der Waals surface area contributed by atoms with Gasteiger partial charge in [-0.15, -0.1) is 0 Å². The molecule has 7 heteroatoms. The topological polar surface area (TPSA) is 77.1 Å². The van der Waals surface area contributed by atoms with Crippen molar-refractivity contribution in [1.82, 2.24) is 10.2 Å². The first-order chi connectivity index (χ1) is 18.5. The second-order valence-electron chi connectivity index (χ2n) is 9.00. The Kier molecular flexibility index (Phi) is 11.5. The predicted octanol–water partition coefficient (Wildman–Crippen LogP) is 5.03. The molecular weight excluding hydrogens is 480 g/mol. The fraction of sp³-hybridized carbons (Fsp3) is 0.355. The molecule has 0 bridgehead atoms. The van der Waals surface area contributed by atoms with Crippen molar-refractivity contribution in [3.8, 4) is 17.2 Å². The summed E-state index contributed by atoms with van der Waals surface area (Å²) in [6, 6.07) is 24.1. The summed E-state index contributed by atoms with van der Waals surface area (Å²) >= 11 is 0. The molecule has 2 amide bonds. The molecule has 1 atom stereocenters. The third kappa shape index (κ3) is 8.83. The molecule has 0 radical (unpaired) electrons. The SMILES string of the molecule is CCCNC(=O)[C@H](Cc1ccccc1)N(Cc1cccc(OC)c1)C(=O)CCCOc1ccc(OC)cc1. The first-order valence-corrected chi connectivity index (χ1v) is 13.0. The third-order valence-electron chi connectivity index (χ3n) is 6.17. The number of methoxy groups -OCH3 is 2. The van der Waals surface area contributed by atoms with E-state index >= 15 is 0 Å². The summed E-state index contributed by atoms with van der Waals surface area (Å²) in [7, 11) is 3.23. The monoisotopic (exact) mass is 518 g/mol. The van der Waals surface area contributed by atoms with E-state index in [1.165, 1.54) is 0 Å². The molecule has 0 aromatic heterocycles. The van der Waals surface area contributed by atoms with Gasteiger partial charge in [-0.25, -0.2) is 0 Å². The molecule has 0 saturated heterocycles. The number of nitrogens with zero attached hydrogens (tertiary/aromatic N) is 1. The zero-order chi connectivity index (χ0) is 27.2. The average Bonchev–Trinajstić information content (AvgIpc) is 2.96. The first kappa shape index (κ1) is 28.6. The molecule has 1 N–H and O–H groups in total.